The molecule has 0 saturated carbocycles. The van der Waals surface area contributed by atoms with E-state index in [0.29, 0.717) is 6.61 Å². The number of rotatable bonds is 3. The zero-order valence-corrected chi connectivity index (χ0v) is 13.4. The van der Waals surface area contributed by atoms with E-state index in [-0.39, 0.29) is 18.4 Å². The summed E-state index contributed by atoms with van der Waals surface area (Å²) in [6.07, 6.45) is 1.10. The first kappa shape index (κ1) is 15.4. The molecule has 4 heteroatoms. The molecule has 1 heterocycles. The highest BCUT2D eigenvalue weighted by molar-refractivity contribution is 9.10. The second kappa shape index (κ2) is 7.11. The van der Waals surface area contributed by atoms with Gasteiger partial charge in [-0.15, -0.1) is 12.4 Å². The van der Waals surface area contributed by atoms with E-state index >= 15 is 0 Å². The van der Waals surface area contributed by atoms with Gasteiger partial charge in [-0.1, -0.05) is 40.2 Å². The monoisotopic (exact) mass is 353 g/mol. The van der Waals surface area contributed by atoms with E-state index in [1.54, 1.807) is 0 Å². The minimum absolute atomic E-state index is 0. The van der Waals surface area contributed by atoms with Crippen molar-refractivity contribution in [2.75, 3.05) is 13.2 Å². The van der Waals surface area contributed by atoms with Crippen molar-refractivity contribution in [3.63, 3.8) is 0 Å². The molecule has 1 aliphatic heterocycles. The second-order valence-corrected chi connectivity index (χ2v) is 5.64. The fraction of sp³-hybridized carbons (Fsp3) is 0.250. The first-order chi connectivity index (χ1) is 9.33. The summed E-state index contributed by atoms with van der Waals surface area (Å²) in [7, 11) is 0. The van der Waals surface area contributed by atoms with Crippen LogP contribution in [0, 0.1) is 0 Å². The summed E-state index contributed by atoms with van der Waals surface area (Å²) < 4.78 is 6.94. The zero-order chi connectivity index (χ0) is 13.1. The van der Waals surface area contributed by atoms with Crippen molar-refractivity contribution in [2.45, 2.75) is 12.5 Å². The molecule has 2 nitrogen and oxygen atoms in total. The van der Waals surface area contributed by atoms with Crippen molar-refractivity contribution in [1.29, 1.82) is 0 Å². The lowest BCUT2D eigenvalue weighted by Crippen LogP contribution is -2.33. The number of ether oxygens (including phenoxy) is 1. The molecule has 0 amide bonds. The van der Waals surface area contributed by atoms with Gasteiger partial charge in [-0.25, -0.2) is 0 Å². The molecule has 20 heavy (non-hydrogen) atoms. The predicted molar refractivity (Wildman–Crippen MR) is 87.8 cm³/mol. The van der Waals surface area contributed by atoms with Gasteiger partial charge < -0.3 is 10.1 Å². The summed E-state index contributed by atoms with van der Waals surface area (Å²) in [5.41, 5.74) is 2.80. The standard InChI is InChI=1S/C16H16BrNO.ClH/c17-13-5-7-14(8-6-13)19-11-16-15-4-2-1-3-12(15)9-10-18-16;/h1-8,16,18H,9-11H2;1H. The van der Waals surface area contributed by atoms with Crippen LogP contribution in [0.25, 0.3) is 0 Å². The molecule has 0 saturated heterocycles. The molecule has 3 rings (SSSR count). The summed E-state index contributed by atoms with van der Waals surface area (Å²) in [4.78, 5) is 0. The van der Waals surface area contributed by atoms with Crippen molar-refractivity contribution in [1.82, 2.24) is 5.32 Å². The Balaban J connectivity index is 0.00000147. The lowest BCUT2D eigenvalue weighted by atomic mass is 9.95. The van der Waals surface area contributed by atoms with Gasteiger partial charge in [0.05, 0.1) is 6.04 Å². The number of benzene rings is 2. The van der Waals surface area contributed by atoms with Crippen molar-refractivity contribution in [3.05, 3.63) is 64.1 Å². The third-order valence-electron chi connectivity index (χ3n) is 3.45. The van der Waals surface area contributed by atoms with Gasteiger partial charge in [0.15, 0.2) is 0 Å². The number of nitrogens with one attached hydrogen (secondary N) is 1. The van der Waals surface area contributed by atoms with E-state index in [4.69, 9.17) is 4.74 Å². The summed E-state index contributed by atoms with van der Waals surface area (Å²) in [6.45, 7) is 1.68. The summed E-state index contributed by atoms with van der Waals surface area (Å²) in [5.74, 6) is 0.910. The number of halogens is 2. The Bertz CT molecular complexity index is 559. The third-order valence-corrected chi connectivity index (χ3v) is 3.97. The van der Waals surface area contributed by atoms with Crippen molar-refractivity contribution in [2.24, 2.45) is 0 Å². The Labute approximate surface area is 134 Å². The van der Waals surface area contributed by atoms with Crippen molar-refractivity contribution in [3.8, 4) is 5.75 Å². The Morgan fingerprint density at radius 2 is 1.85 bits per heavy atom. The summed E-state index contributed by atoms with van der Waals surface area (Å²) >= 11 is 3.43. The van der Waals surface area contributed by atoms with Crippen LogP contribution in [0.1, 0.15) is 17.2 Å². The Hall–Kier alpha value is -1.03. The van der Waals surface area contributed by atoms with Gasteiger partial charge in [-0.3, -0.25) is 0 Å². The highest BCUT2D eigenvalue weighted by Crippen LogP contribution is 2.24. The minimum atomic E-state index is 0. The topological polar surface area (TPSA) is 21.3 Å². The summed E-state index contributed by atoms with van der Waals surface area (Å²) in [5, 5.41) is 3.52. The highest BCUT2D eigenvalue weighted by atomic mass is 79.9. The average molecular weight is 355 g/mol. The molecule has 0 fully saturated rings. The second-order valence-electron chi connectivity index (χ2n) is 4.72. The number of hydrogen-bond acceptors (Lipinski definition) is 2. The molecule has 106 valence electrons. The molecule has 0 radical (unpaired) electrons. The molecule has 1 N–H and O–H groups in total. The van der Waals surface area contributed by atoms with Crippen LogP contribution >= 0.6 is 28.3 Å². The zero-order valence-electron chi connectivity index (χ0n) is 11.0. The van der Waals surface area contributed by atoms with Crippen LogP contribution in [0.4, 0.5) is 0 Å². The number of hydrogen-bond donors (Lipinski definition) is 1. The van der Waals surface area contributed by atoms with Gasteiger partial charge in [-0.05, 0) is 48.4 Å². The SMILES string of the molecule is Brc1ccc(OCC2NCCc3ccccc32)cc1.Cl. The first-order valence-electron chi connectivity index (χ1n) is 6.52. The van der Waals surface area contributed by atoms with Gasteiger partial charge >= 0.3 is 0 Å². The van der Waals surface area contributed by atoms with Crippen LogP contribution in [0.3, 0.4) is 0 Å². The molecule has 2 aromatic carbocycles. The molecule has 0 bridgehead atoms. The Kier molecular flexibility index (Phi) is 5.46. The third kappa shape index (κ3) is 3.54. The maximum absolute atomic E-state index is 5.87. The van der Waals surface area contributed by atoms with Gasteiger partial charge in [0.1, 0.15) is 12.4 Å². The van der Waals surface area contributed by atoms with E-state index in [0.717, 1.165) is 23.2 Å². The van der Waals surface area contributed by atoms with Gasteiger partial charge in [-0.2, -0.15) is 0 Å². The van der Waals surface area contributed by atoms with E-state index in [9.17, 15) is 0 Å². The van der Waals surface area contributed by atoms with Gasteiger partial charge in [0.25, 0.3) is 0 Å². The molecular weight excluding hydrogens is 338 g/mol. The van der Waals surface area contributed by atoms with Crippen LogP contribution in [-0.2, 0) is 6.42 Å². The van der Waals surface area contributed by atoms with Crippen molar-refractivity contribution < 1.29 is 4.74 Å². The molecule has 0 aliphatic carbocycles. The lowest BCUT2D eigenvalue weighted by molar-refractivity contribution is 0.261. The van der Waals surface area contributed by atoms with Crippen molar-refractivity contribution >= 4 is 28.3 Å². The van der Waals surface area contributed by atoms with Crippen LogP contribution < -0.4 is 10.1 Å². The van der Waals surface area contributed by atoms with Crippen LogP contribution in [0.2, 0.25) is 0 Å². The van der Waals surface area contributed by atoms with E-state index in [2.05, 4.69) is 45.5 Å². The van der Waals surface area contributed by atoms with Gasteiger partial charge in [0, 0.05) is 4.47 Å². The maximum atomic E-state index is 5.87. The maximum Gasteiger partial charge on any atom is 0.119 e. The average Bonchev–Trinajstić information content (AvgIpc) is 2.47. The number of fused-ring (bicyclic) bond motifs is 1. The quantitative estimate of drug-likeness (QED) is 0.894. The van der Waals surface area contributed by atoms with E-state index in [1.165, 1.54) is 11.1 Å². The largest absolute Gasteiger partial charge is 0.492 e. The normalized spacial score (nSPS) is 16.9. The summed E-state index contributed by atoms with van der Waals surface area (Å²) in [6, 6.07) is 16.9. The molecule has 1 aliphatic rings. The first-order valence-corrected chi connectivity index (χ1v) is 7.32. The van der Waals surface area contributed by atoms with Crippen LogP contribution in [-0.4, -0.2) is 13.2 Å². The van der Waals surface area contributed by atoms with Crippen LogP contribution in [0.5, 0.6) is 5.75 Å². The Morgan fingerprint density at radius 3 is 2.65 bits per heavy atom. The molecule has 0 spiro atoms. The molecule has 2 aromatic rings. The Morgan fingerprint density at radius 1 is 1.10 bits per heavy atom. The molecule has 1 atom stereocenters. The smallest absolute Gasteiger partial charge is 0.119 e. The highest BCUT2D eigenvalue weighted by Gasteiger charge is 2.19. The van der Waals surface area contributed by atoms with E-state index < -0.39 is 0 Å². The minimum Gasteiger partial charge on any atom is -0.492 e. The molecular formula is C16H17BrClNO. The molecule has 1 unspecified atom stereocenters. The van der Waals surface area contributed by atoms with Gasteiger partial charge in [0.2, 0.25) is 0 Å². The fourth-order valence-electron chi connectivity index (χ4n) is 2.45. The van der Waals surface area contributed by atoms with Crippen LogP contribution in [0.15, 0.2) is 53.0 Å². The van der Waals surface area contributed by atoms with E-state index in [1.807, 2.05) is 24.3 Å². The lowest BCUT2D eigenvalue weighted by Gasteiger charge is -2.26. The predicted octanol–water partition coefficient (Wildman–Crippen LogP) is 4.14. The molecule has 0 aromatic heterocycles. The fourth-order valence-corrected chi connectivity index (χ4v) is 2.72.